The number of para-hydroxylation sites is 1. The van der Waals surface area contributed by atoms with Gasteiger partial charge in [-0.15, -0.1) is 11.3 Å². The minimum atomic E-state index is -3.33. The van der Waals surface area contributed by atoms with Crippen molar-refractivity contribution < 1.29 is 13.2 Å². The van der Waals surface area contributed by atoms with E-state index in [0.717, 1.165) is 30.9 Å². The van der Waals surface area contributed by atoms with Crippen molar-refractivity contribution in [3.63, 3.8) is 0 Å². The average molecular weight is 352 g/mol. The van der Waals surface area contributed by atoms with Gasteiger partial charge in [0, 0.05) is 38.3 Å². The van der Waals surface area contributed by atoms with Crippen LogP contribution in [-0.2, 0) is 16.6 Å². The Morgan fingerprint density at radius 1 is 1.09 bits per heavy atom. The summed E-state index contributed by atoms with van der Waals surface area (Å²) >= 11 is 1.27. The van der Waals surface area contributed by atoms with E-state index in [-0.39, 0.29) is 0 Å². The Labute approximate surface area is 141 Å². The number of benzene rings is 1. The van der Waals surface area contributed by atoms with Gasteiger partial charge in [-0.05, 0) is 17.5 Å². The zero-order valence-electron chi connectivity index (χ0n) is 13.0. The third-order valence-electron chi connectivity index (χ3n) is 4.01. The quantitative estimate of drug-likeness (QED) is 0.828. The second-order valence-corrected chi connectivity index (χ2v) is 8.54. The Kier molecular flexibility index (Phi) is 5.01. The highest BCUT2D eigenvalue weighted by Crippen LogP contribution is 2.24. The van der Waals surface area contributed by atoms with Gasteiger partial charge in [-0.25, -0.2) is 8.42 Å². The Morgan fingerprint density at radius 2 is 1.83 bits per heavy atom. The third kappa shape index (κ3) is 3.58. The van der Waals surface area contributed by atoms with E-state index in [1.54, 1.807) is 28.9 Å². The van der Waals surface area contributed by atoms with Crippen molar-refractivity contribution in [1.29, 1.82) is 0 Å². The maximum Gasteiger partial charge on any atom is 0.252 e. The molecule has 3 rings (SSSR count). The zero-order valence-corrected chi connectivity index (χ0v) is 14.6. The standard InChI is InChI=1S/C16H20N2O3S2/c1-21-15-6-3-2-5-14(15)13-17-8-10-18(11-9-17)23(19,20)16-7-4-12-22-16/h2-7,12H,8-11,13H2,1H3. The number of hydrogen-bond donors (Lipinski definition) is 0. The first-order valence-electron chi connectivity index (χ1n) is 7.49. The third-order valence-corrected chi connectivity index (χ3v) is 7.28. The molecule has 0 saturated carbocycles. The van der Waals surface area contributed by atoms with Crippen LogP contribution >= 0.6 is 11.3 Å². The van der Waals surface area contributed by atoms with Gasteiger partial charge in [-0.2, -0.15) is 4.31 Å². The fourth-order valence-electron chi connectivity index (χ4n) is 2.74. The van der Waals surface area contributed by atoms with Gasteiger partial charge in [0.2, 0.25) is 0 Å². The molecule has 1 saturated heterocycles. The zero-order chi connectivity index (χ0) is 16.3. The van der Waals surface area contributed by atoms with E-state index < -0.39 is 10.0 Å². The van der Waals surface area contributed by atoms with Crippen LogP contribution in [0.3, 0.4) is 0 Å². The van der Waals surface area contributed by atoms with Gasteiger partial charge >= 0.3 is 0 Å². The van der Waals surface area contributed by atoms with Crippen LogP contribution in [0.5, 0.6) is 5.75 Å². The molecular weight excluding hydrogens is 332 g/mol. The van der Waals surface area contributed by atoms with Gasteiger partial charge < -0.3 is 4.74 Å². The number of ether oxygens (including phenoxy) is 1. The number of rotatable bonds is 5. The van der Waals surface area contributed by atoms with E-state index in [0.29, 0.717) is 17.3 Å². The van der Waals surface area contributed by atoms with E-state index in [1.807, 2.05) is 24.3 Å². The van der Waals surface area contributed by atoms with Crippen LogP contribution in [0.4, 0.5) is 0 Å². The molecule has 1 aliphatic rings. The van der Waals surface area contributed by atoms with Gasteiger partial charge in [0.25, 0.3) is 10.0 Å². The van der Waals surface area contributed by atoms with Gasteiger partial charge in [-0.3, -0.25) is 4.90 Å². The Morgan fingerprint density at radius 3 is 2.48 bits per heavy atom. The maximum atomic E-state index is 12.5. The summed E-state index contributed by atoms with van der Waals surface area (Å²) in [4.78, 5) is 2.26. The number of thiophene rings is 1. The summed E-state index contributed by atoms with van der Waals surface area (Å²) < 4.78 is 32.4. The number of piperazine rings is 1. The largest absolute Gasteiger partial charge is 0.496 e. The van der Waals surface area contributed by atoms with E-state index in [9.17, 15) is 8.42 Å². The van der Waals surface area contributed by atoms with Gasteiger partial charge in [0.05, 0.1) is 7.11 Å². The van der Waals surface area contributed by atoms with Crippen molar-refractivity contribution in [2.24, 2.45) is 0 Å². The molecule has 5 nitrogen and oxygen atoms in total. The first-order valence-corrected chi connectivity index (χ1v) is 9.81. The van der Waals surface area contributed by atoms with Gasteiger partial charge in [-0.1, -0.05) is 24.3 Å². The topological polar surface area (TPSA) is 49.9 Å². The Hall–Kier alpha value is -1.41. The highest BCUT2D eigenvalue weighted by Gasteiger charge is 2.29. The molecule has 0 amide bonds. The lowest BCUT2D eigenvalue weighted by molar-refractivity contribution is 0.180. The highest BCUT2D eigenvalue weighted by molar-refractivity contribution is 7.91. The molecule has 0 N–H and O–H groups in total. The lowest BCUT2D eigenvalue weighted by atomic mass is 10.2. The number of hydrogen-bond acceptors (Lipinski definition) is 5. The first kappa shape index (κ1) is 16.4. The van der Waals surface area contributed by atoms with E-state index in [2.05, 4.69) is 4.90 Å². The summed E-state index contributed by atoms with van der Waals surface area (Å²) in [5, 5.41) is 1.80. The van der Waals surface area contributed by atoms with E-state index in [4.69, 9.17) is 4.74 Å². The van der Waals surface area contributed by atoms with Crippen LogP contribution in [0.25, 0.3) is 0 Å². The van der Waals surface area contributed by atoms with E-state index in [1.165, 1.54) is 11.3 Å². The van der Waals surface area contributed by atoms with Crippen LogP contribution in [0.1, 0.15) is 5.56 Å². The molecule has 0 atom stereocenters. The molecule has 1 aliphatic heterocycles. The summed E-state index contributed by atoms with van der Waals surface area (Å²) in [5.41, 5.74) is 1.13. The second kappa shape index (κ2) is 7.00. The number of methoxy groups -OCH3 is 1. The molecule has 0 aliphatic carbocycles. The normalized spacial score (nSPS) is 17.3. The Bertz CT molecular complexity index is 736. The molecule has 0 spiro atoms. The van der Waals surface area contributed by atoms with Gasteiger partial charge in [0.15, 0.2) is 0 Å². The van der Waals surface area contributed by atoms with Crippen LogP contribution < -0.4 is 4.74 Å². The van der Waals surface area contributed by atoms with Crippen LogP contribution in [0, 0.1) is 0 Å². The van der Waals surface area contributed by atoms with Crippen molar-refractivity contribution in [2.45, 2.75) is 10.8 Å². The summed E-state index contributed by atoms with van der Waals surface area (Å²) in [6.45, 7) is 3.27. The molecule has 23 heavy (non-hydrogen) atoms. The van der Waals surface area contributed by atoms with Crippen LogP contribution in [0.2, 0.25) is 0 Å². The van der Waals surface area contributed by atoms with Gasteiger partial charge in [0.1, 0.15) is 9.96 Å². The van der Waals surface area contributed by atoms with Crippen LogP contribution in [-0.4, -0.2) is 50.9 Å². The fourth-order valence-corrected chi connectivity index (χ4v) is 5.31. The average Bonchev–Trinajstić information content (AvgIpc) is 3.11. The molecule has 0 radical (unpaired) electrons. The molecule has 0 unspecified atom stereocenters. The minimum absolute atomic E-state index is 0.427. The number of nitrogens with zero attached hydrogens (tertiary/aromatic N) is 2. The molecule has 1 aromatic carbocycles. The van der Waals surface area contributed by atoms with Crippen molar-refractivity contribution >= 4 is 21.4 Å². The monoisotopic (exact) mass is 352 g/mol. The van der Waals surface area contributed by atoms with Crippen LogP contribution in [0.15, 0.2) is 46.0 Å². The predicted molar refractivity (Wildman–Crippen MR) is 91.3 cm³/mol. The molecule has 7 heteroatoms. The Balaban J connectivity index is 1.63. The van der Waals surface area contributed by atoms with E-state index >= 15 is 0 Å². The lowest BCUT2D eigenvalue weighted by Crippen LogP contribution is -2.48. The molecule has 2 heterocycles. The summed E-state index contributed by atoms with van der Waals surface area (Å²) in [7, 11) is -1.66. The van der Waals surface area contributed by atoms with Crippen molar-refractivity contribution in [3.8, 4) is 5.75 Å². The van der Waals surface area contributed by atoms with Crippen molar-refractivity contribution in [1.82, 2.24) is 9.21 Å². The number of sulfonamides is 1. The molecule has 1 fully saturated rings. The molecule has 1 aromatic heterocycles. The molecule has 0 bridgehead atoms. The summed E-state index contributed by atoms with van der Waals surface area (Å²) in [5.74, 6) is 0.876. The SMILES string of the molecule is COc1ccccc1CN1CCN(S(=O)(=O)c2cccs2)CC1. The maximum absolute atomic E-state index is 12.5. The fraction of sp³-hybridized carbons (Fsp3) is 0.375. The molecule has 124 valence electrons. The highest BCUT2D eigenvalue weighted by atomic mass is 32.2. The molecule has 2 aromatic rings. The lowest BCUT2D eigenvalue weighted by Gasteiger charge is -2.33. The smallest absolute Gasteiger partial charge is 0.252 e. The molecular formula is C16H20N2O3S2. The van der Waals surface area contributed by atoms with Crippen molar-refractivity contribution in [2.75, 3.05) is 33.3 Å². The minimum Gasteiger partial charge on any atom is -0.496 e. The first-order chi connectivity index (χ1) is 11.1. The van der Waals surface area contributed by atoms with Crippen molar-refractivity contribution in [3.05, 3.63) is 47.3 Å². The summed E-state index contributed by atoms with van der Waals surface area (Å²) in [6.07, 6.45) is 0. The second-order valence-electron chi connectivity index (χ2n) is 5.42. The summed E-state index contributed by atoms with van der Waals surface area (Å²) in [6, 6.07) is 11.4. The predicted octanol–water partition coefficient (Wildman–Crippen LogP) is 2.26.